The summed E-state index contributed by atoms with van der Waals surface area (Å²) in [4.78, 5) is 15.1. The van der Waals surface area contributed by atoms with Gasteiger partial charge in [-0.15, -0.1) is 0 Å². The highest BCUT2D eigenvalue weighted by Crippen LogP contribution is 2.38. The summed E-state index contributed by atoms with van der Waals surface area (Å²) in [5.41, 5.74) is 7.01. The molecule has 1 fully saturated rings. The number of rotatable bonds is 5. The molecule has 4 heteroatoms. The first kappa shape index (κ1) is 16.0. The van der Waals surface area contributed by atoms with Gasteiger partial charge in [0.1, 0.15) is 5.92 Å². The van der Waals surface area contributed by atoms with Crippen LogP contribution < -0.4 is 5.73 Å². The lowest BCUT2D eigenvalue weighted by molar-refractivity contribution is -0.130. The van der Waals surface area contributed by atoms with Gasteiger partial charge >= 0.3 is 0 Å². The molecule has 1 aromatic rings. The molecule has 0 radical (unpaired) electrons. The Labute approximate surface area is 132 Å². The van der Waals surface area contributed by atoms with Crippen molar-refractivity contribution in [3.63, 3.8) is 0 Å². The number of nitrogens with two attached hydrogens (primary N) is 1. The van der Waals surface area contributed by atoms with Gasteiger partial charge in [0.15, 0.2) is 0 Å². The van der Waals surface area contributed by atoms with Crippen molar-refractivity contribution in [1.82, 2.24) is 4.90 Å². The predicted molar refractivity (Wildman–Crippen MR) is 90.2 cm³/mol. The van der Waals surface area contributed by atoms with Crippen LogP contribution in [0.2, 0.25) is 0 Å². The fourth-order valence-electron chi connectivity index (χ4n) is 3.21. The summed E-state index contributed by atoms with van der Waals surface area (Å²) in [6, 6.07) is 9.61. The van der Waals surface area contributed by atoms with E-state index < -0.39 is 5.92 Å². The standard InChI is InChI=1S/C17H24N2OS/c1-3-17(4-2)10-11-19(12-17)16(20)14(15(18)21)13-8-6-5-7-9-13/h5-9,14H,3-4,10-12H2,1-2H3,(H2,18,21). The van der Waals surface area contributed by atoms with E-state index in [0.717, 1.165) is 37.9 Å². The van der Waals surface area contributed by atoms with Crippen molar-refractivity contribution in [2.24, 2.45) is 11.1 Å². The average Bonchev–Trinajstić information content (AvgIpc) is 2.93. The molecule has 1 heterocycles. The van der Waals surface area contributed by atoms with Crippen LogP contribution in [0.4, 0.5) is 0 Å². The second kappa shape index (κ2) is 6.56. The molecule has 1 aliphatic heterocycles. The lowest BCUT2D eigenvalue weighted by Gasteiger charge is -2.28. The molecule has 0 spiro atoms. The Morgan fingerprint density at radius 2 is 1.95 bits per heavy atom. The van der Waals surface area contributed by atoms with Gasteiger partial charge < -0.3 is 10.6 Å². The second-order valence-electron chi connectivity index (χ2n) is 5.96. The van der Waals surface area contributed by atoms with E-state index in [-0.39, 0.29) is 16.3 Å². The fraction of sp³-hybridized carbons (Fsp3) is 0.529. The van der Waals surface area contributed by atoms with Gasteiger partial charge in [-0.25, -0.2) is 0 Å². The summed E-state index contributed by atoms with van der Waals surface area (Å²) in [5, 5.41) is 0. The van der Waals surface area contributed by atoms with Crippen LogP contribution in [0.25, 0.3) is 0 Å². The Morgan fingerprint density at radius 3 is 2.43 bits per heavy atom. The summed E-state index contributed by atoms with van der Waals surface area (Å²) in [6.07, 6.45) is 3.29. The van der Waals surface area contributed by atoms with E-state index >= 15 is 0 Å². The van der Waals surface area contributed by atoms with E-state index in [0.29, 0.717) is 0 Å². The maximum Gasteiger partial charge on any atom is 0.237 e. The second-order valence-corrected chi connectivity index (χ2v) is 6.43. The average molecular weight is 304 g/mol. The topological polar surface area (TPSA) is 46.3 Å². The first-order valence-corrected chi connectivity index (χ1v) is 8.07. The molecule has 0 aliphatic carbocycles. The largest absolute Gasteiger partial charge is 0.392 e. The zero-order valence-corrected chi connectivity index (χ0v) is 13.7. The van der Waals surface area contributed by atoms with Gasteiger partial charge in [-0.05, 0) is 30.2 Å². The number of carbonyl (C=O) groups is 1. The van der Waals surface area contributed by atoms with Crippen LogP contribution in [0.3, 0.4) is 0 Å². The van der Waals surface area contributed by atoms with E-state index in [2.05, 4.69) is 13.8 Å². The predicted octanol–water partition coefficient (Wildman–Crippen LogP) is 3.10. The number of amides is 1. The fourth-order valence-corrected chi connectivity index (χ4v) is 3.44. The van der Waals surface area contributed by atoms with Crippen molar-refractivity contribution in [3.8, 4) is 0 Å². The van der Waals surface area contributed by atoms with Crippen molar-refractivity contribution in [2.45, 2.75) is 39.0 Å². The van der Waals surface area contributed by atoms with Crippen molar-refractivity contribution in [1.29, 1.82) is 0 Å². The lowest BCUT2D eigenvalue weighted by Crippen LogP contribution is -2.39. The Bertz CT molecular complexity index is 511. The molecular weight excluding hydrogens is 280 g/mol. The Morgan fingerprint density at radius 1 is 1.33 bits per heavy atom. The zero-order valence-electron chi connectivity index (χ0n) is 12.8. The maximum atomic E-state index is 12.9. The molecule has 1 atom stereocenters. The third kappa shape index (κ3) is 3.26. The van der Waals surface area contributed by atoms with Gasteiger partial charge in [-0.2, -0.15) is 0 Å². The molecule has 0 aromatic heterocycles. The van der Waals surface area contributed by atoms with Crippen LogP contribution in [0.5, 0.6) is 0 Å². The number of nitrogens with zero attached hydrogens (tertiary/aromatic N) is 1. The summed E-state index contributed by atoms with van der Waals surface area (Å²) < 4.78 is 0. The highest BCUT2D eigenvalue weighted by molar-refractivity contribution is 7.80. The minimum atomic E-state index is -0.495. The first-order chi connectivity index (χ1) is 10.0. The molecule has 2 N–H and O–H groups in total. The van der Waals surface area contributed by atoms with Crippen LogP contribution in [0.1, 0.15) is 44.6 Å². The molecule has 2 rings (SSSR count). The van der Waals surface area contributed by atoms with Gasteiger partial charge in [0.2, 0.25) is 5.91 Å². The molecule has 1 amide bonds. The Hall–Kier alpha value is -1.42. The van der Waals surface area contributed by atoms with Gasteiger partial charge in [0.05, 0.1) is 4.99 Å². The lowest BCUT2D eigenvalue weighted by atomic mass is 9.82. The van der Waals surface area contributed by atoms with Gasteiger partial charge in [-0.3, -0.25) is 4.79 Å². The SMILES string of the molecule is CCC1(CC)CCN(C(=O)C(C(N)=S)c2ccccc2)C1. The third-order valence-corrected chi connectivity index (χ3v) is 5.15. The van der Waals surface area contributed by atoms with E-state index in [9.17, 15) is 4.79 Å². The van der Waals surface area contributed by atoms with Crippen LogP contribution in [-0.4, -0.2) is 28.9 Å². The minimum Gasteiger partial charge on any atom is -0.392 e. The summed E-state index contributed by atoms with van der Waals surface area (Å²) in [7, 11) is 0. The number of likely N-dealkylation sites (tertiary alicyclic amines) is 1. The van der Waals surface area contributed by atoms with Gasteiger partial charge in [-0.1, -0.05) is 56.4 Å². The van der Waals surface area contributed by atoms with Crippen LogP contribution in [-0.2, 0) is 4.79 Å². The minimum absolute atomic E-state index is 0.0532. The monoisotopic (exact) mass is 304 g/mol. The normalized spacial score (nSPS) is 18.5. The molecule has 1 saturated heterocycles. The molecule has 1 aromatic carbocycles. The highest BCUT2D eigenvalue weighted by Gasteiger charge is 2.39. The summed E-state index contributed by atoms with van der Waals surface area (Å²) >= 11 is 5.15. The maximum absolute atomic E-state index is 12.9. The molecule has 21 heavy (non-hydrogen) atoms. The summed E-state index contributed by atoms with van der Waals surface area (Å²) in [6.45, 7) is 6.05. The smallest absolute Gasteiger partial charge is 0.237 e. The van der Waals surface area contributed by atoms with Crippen molar-refractivity contribution >= 4 is 23.1 Å². The number of hydrogen-bond acceptors (Lipinski definition) is 2. The Kier molecular flexibility index (Phi) is 4.99. The molecule has 0 bridgehead atoms. The van der Waals surface area contributed by atoms with Crippen molar-refractivity contribution in [2.75, 3.05) is 13.1 Å². The molecular formula is C17H24N2OS. The quantitative estimate of drug-likeness (QED) is 0.850. The molecule has 3 nitrogen and oxygen atoms in total. The van der Waals surface area contributed by atoms with Crippen molar-refractivity contribution < 1.29 is 4.79 Å². The van der Waals surface area contributed by atoms with E-state index in [1.165, 1.54) is 0 Å². The van der Waals surface area contributed by atoms with Crippen LogP contribution >= 0.6 is 12.2 Å². The molecule has 1 unspecified atom stereocenters. The first-order valence-electron chi connectivity index (χ1n) is 7.66. The van der Waals surface area contributed by atoms with E-state index in [1.54, 1.807) is 0 Å². The van der Waals surface area contributed by atoms with Gasteiger partial charge in [0.25, 0.3) is 0 Å². The molecule has 1 aliphatic rings. The molecule has 114 valence electrons. The zero-order chi connectivity index (χ0) is 15.5. The third-order valence-electron chi connectivity index (χ3n) is 4.91. The number of benzene rings is 1. The Balaban J connectivity index is 2.20. The summed E-state index contributed by atoms with van der Waals surface area (Å²) in [5.74, 6) is -0.441. The number of thiocarbonyl (C=S) groups is 1. The van der Waals surface area contributed by atoms with Crippen LogP contribution in [0, 0.1) is 5.41 Å². The van der Waals surface area contributed by atoms with E-state index in [1.807, 2.05) is 35.2 Å². The van der Waals surface area contributed by atoms with Gasteiger partial charge in [0, 0.05) is 13.1 Å². The van der Waals surface area contributed by atoms with Crippen LogP contribution in [0.15, 0.2) is 30.3 Å². The number of carbonyl (C=O) groups excluding carboxylic acids is 1. The van der Waals surface area contributed by atoms with Crippen molar-refractivity contribution in [3.05, 3.63) is 35.9 Å². The number of hydrogen-bond donors (Lipinski definition) is 1. The van der Waals surface area contributed by atoms with E-state index in [4.69, 9.17) is 18.0 Å². The molecule has 0 saturated carbocycles. The highest BCUT2D eigenvalue weighted by atomic mass is 32.1.